The molecular formula is C21H24N6O2. The van der Waals surface area contributed by atoms with Gasteiger partial charge in [-0.2, -0.15) is 5.10 Å². The summed E-state index contributed by atoms with van der Waals surface area (Å²) in [5.41, 5.74) is 3.87. The summed E-state index contributed by atoms with van der Waals surface area (Å²) in [5, 5.41) is 10.2. The van der Waals surface area contributed by atoms with E-state index in [1.165, 1.54) is 0 Å². The van der Waals surface area contributed by atoms with Crippen molar-refractivity contribution in [2.45, 2.75) is 26.7 Å². The Balaban J connectivity index is 1.45. The van der Waals surface area contributed by atoms with Crippen LogP contribution in [-0.2, 0) is 4.79 Å². The van der Waals surface area contributed by atoms with E-state index in [-0.39, 0.29) is 11.8 Å². The normalized spacial score (nSPS) is 14.3. The summed E-state index contributed by atoms with van der Waals surface area (Å²) in [7, 11) is 0. The van der Waals surface area contributed by atoms with E-state index in [1.54, 1.807) is 36.0 Å². The fourth-order valence-electron chi connectivity index (χ4n) is 3.67. The summed E-state index contributed by atoms with van der Waals surface area (Å²) >= 11 is 0. The van der Waals surface area contributed by atoms with Crippen molar-refractivity contribution in [3.8, 4) is 0 Å². The molecule has 0 bridgehead atoms. The van der Waals surface area contributed by atoms with E-state index in [0.717, 1.165) is 37.2 Å². The summed E-state index contributed by atoms with van der Waals surface area (Å²) in [6.07, 6.45) is 5.71. The van der Waals surface area contributed by atoms with Gasteiger partial charge in [-0.15, -0.1) is 0 Å². The van der Waals surface area contributed by atoms with Gasteiger partial charge >= 0.3 is 0 Å². The van der Waals surface area contributed by atoms with Crippen molar-refractivity contribution >= 4 is 28.8 Å². The van der Waals surface area contributed by atoms with Crippen molar-refractivity contribution in [1.82, 2.24) is 19.5 Å². The van der Waals surface area contributed by atoms with Gasteiger partial charge in [0.1, 0.15) is 5.56 Å². The predicted molar refractivity (Wildman–Crippen MR) is 111 cm³/mol. The van der Waals surface area contributed by atoms with Gasteiger partial charge < -0.3 is 10.6 Å². The number of anilines is 2. The molecule has 0 atom stereocenters. The first kappa shape index (κ1) is 19.1. The van der Waals surface area contributed by atoms with Crippen LogP contribution >= 0.6 is 0 Å². The zero-order valence-electron chi connectivity index (χ0n) is 16.6. The second-order valence-corrected chi connectivity index (χ2v) is 7.36. The van der Waals surface area contributed by atoms with Crippen molar-refractivity contribution in [3.05, 3.63) is 53.5 Å². The molecule has 8 heteroatoms. The molecule has 3 heterocycles. The van der Waals surface area contributed by atoms with Crippen molar-refractivity contribution in [2.75, 3.05) is 30.3 Å². The Labute approximate surface area is 168 Å². The van der Waals surface area contributed by atoms with E-state index in [0.29, 0.717) is 29.1 Å². The van der Waals surface area contributed by atoms with Crippen molar-refractivity contribution in [2.24, 2.45) is 0 Å². The Morgan fingerprint density at radius 1 is 1.14 bits per heavy atom. The second kappa shape index (κ2) is 8.00. The maximum absolute atomic E-state index is 12.8. The van der Waals surface area contributed by atoms with Gasteiger partial charge in [-0.05, 0) is 69.6 Å². The predicted octanol–water partition coefficient (Wildman–Crippen LogP) is 2.63. The minimum Gasteiger partial charge on any atom is -0.325 e. The van der Waals surface area contributed by atoms with Gasteiger partial charge in [-0.3, -0.25) is 14.5 Å². The van der Waals surface area contributed by atoms with Crippen LogP contribution in [-0.4, -0.2) is 50.9 Å². The minimum atomic E-state index is -0.263. The average molecular weight is 392 g/mol. The molecule has 1 aromatic carbocycles. The standard InChI is InChI=1S/C21H24N6O2/c1-14-12-16(6-7-17(14)24-18(28)13-26-9-3-4-10-26)23-21(29)19-15(2)25-27-11-5-8-22-20(19)27/h5-8,11-12H,3-4,9-10,13H2,1-2H3,(H,23,29)(H,24,28). The van der Waals surface area contributed by atoms with Crippen molar-refractivity contribution in [1.29, 1.82) is 0 Å². The van der Waals surface area contributed by atoms with Crippen molar-refractivity contribution in [3.63, 3.8) is 0 Å². The van der Waals surface area contributed by atoms with Crippen LogP contribution in [0.1, 0.15) is 34.5 Å². The molecule has 3 aromatic rings. The highest BCUT2D eigenvalue weighted by atomic mass is 16.2. The molecule has 0 spiro atoms. The maximum atomic E-state index is 12.8. The molecule has 1 fully saturated rings. The SMILES string of the molecule is Cc1cc(NC(=O)c2c(C)nn3cccnc23)ccc1NC(=O)CN1CCCC1. The third kappa shape index (κ3) is 4.12. The molecule has 2 amide bonds. The number of benzene rings is 1. The molecule has 1 saturated heterocycles. The summed E-state index contributed by atoms with van der Waals surface area (Å²) in [5.74, 6) is -0.277. The molecule has 0 aliphatic carbocycles. The van der Waals surface area contributed by atoms with Gasteiger partial charge in [0.25, 0.3) is 5.91 Å². The van der Waals surface area contributed by atoms with Gasteiger partial charge in [0.05, 0.1) is 12.2 Å². The number of nitrogens with zero attached hydrogens (tertiary/aromatic N) is 4. The number of nitrogens with one attached hydrogen (secondary N) is 2. The number of carbonyl (C=O) groups excluding carboxylic acids is 2. The lowest BCUT2D eigenvalue weighted by Gasteiger charge is -2.15. The largest absolute Gasteiger partial charge is 0.325 e. The number of rotatable bonds is 5. The highest BCUT2D eigenvalue weighted by Gasteiger charge is 2.19. The Kier molecular flexibility index (Phi) is 5.26. The van der Waals surface area contributed by atoms with E-state index in [9.17, 15) is 9.59 Å². The Hall–Kier alpha value is -3.26. The summed E-state index contributed by atoms with van der Waals surface area (Å²) in [4.78, 5) is 31.5. The van der Waals surface area contributed by atoms with E-state index in [2.05, 4.69) is 25.6 Å². The maximum Gasteiger partial charge on any atom is 0.261 e. The van der Waals surface area contributed by atoms with Crippen LogP contribution in [0.15, 0.2) is 36.7 Å². The molecule has 0 radical (unpaired) electrons. The topological polar surface area (TPSA) is 91.6 Å². The molecule has 0 unspecified atom stereocenters. The lowest BCUT2D eigenvalue weighted by atomic mass is 10.1. The van der Waals surface area contributed by atoms with Gasteiger partial charge in [0.15, 0.2) is 5.65 Å². The van der Waals surface area contributed by atoms with Crippen LogP contribution in [0.4, 0.5) is 11.4 Å². The number of hydrogen-bond donors (Lipinski definition) is 2. The third-order valence-corrected chi connectivity index (χ3v) is 5.12. The highest BCUT2D eigenvalue weighted by Crippen LogP contribution is 2.22. The third-order valence-electron chi connectivity index (χ3n) is 5.12. The summed E-state index contributed by atoms with van der Waals surface area (Å²) < 4.78 is 1.59. The minimum absolute atomic E-state index is 0.0140. The fraction of sp³-hybridized carbons (Fsp3) is 0.333. The van der Waals surface area contributed by atoms with Gasteiger partial charge in [0.2, 0.25) is 5.91 Å². The van der Waals surface area contributed by atoms with E-state index >= 15 is 0 Å². The first-order valence-corrected chi connectivity index (χ1v) is 9.75. The number of aromatic nitrogens is 3. The molecule has 0 saturated carbocycles. The quantitative estimate of drug-likeness (QED) is 0.696. The van der Waals surface area contributed by atoms with Crippen LogP contribution in [0.2, 0.25) is 0 Å². The molecule has 1 aliphatic rings. The highest BCUT2D eigenvalue weighted by molar-refractivity contribution is 6.09. The molecule has 1 aliphatic heterocycles. The van der Waals surface area contributed by atoms with Crippen LogP contribution in [0.3, 0.4) is 0 Å². The number of hydrogen-bond acceptors (Lipinski definition) is 5. The molecule has 4 rings (SSSR count). The number of carbonyl (C=O) groups is 2. The molecule has 29 heavy (non-hydrogen) atoms. The first-order valence-electron chi connectivity index (χ1n) is 9.75. The molecule has 150 valence electrons. The van der Waals surface area contributed by atoms with Crippen LogP contribution in [0.5, 0.6) is 0 Å². The lowest BCUT2D eigenvalue weighted by molar-refractivity contribution is -0.117. The molecular weight excluding hydrogens is 368 g/mol. The first-order chi connectivity index (χ1) is 14.0. The Morgan fingerprint density at radius 2 is 1.93 bits per heavy atom. The molecule has 2 N–H and O–H groups in total. The van der Waals surface area contributed by atoms with E-state index in [4.69, 9.17) is 0 Å². The zero-order valence-corrected chi connectivity index (χ0v) is 16.6. The smallest absolute Gasteiger partial charge is 0.261 e. The fourth-order valence-corrected chi connectivity index (χ4v) is 3.67. The molecule has 8 nitrogen and oxygen atoms in total. The number of amides is 2. The van der Waals surface area contributed by atoms with Crippen LogP contribution in [0, 0.1) is 13.8 Å². The van der Waals surface area contributed by atoms with E-state index < -0.39 is 0 Å². The van der Waals surface area contributed by atoms with E-state index in [1.807, 2.05) is 19.1 Å². The Morgan fingerprint density at radius 3 is 2.69 bits per heavy atom. The van der Waals surface area contributed by atoms with Gasteiger partial charge in [-0.1, -0.05) is 0 Å². The number of likely N-dealkylation sites (tertiary alicyclic amines) is 1. The average Bonchev–Trinajstić information content (AvgIpc) is 3.30. The second-order valence-electron chi connectivity index (χ2n) is 7.36. The number of fused-ring (bicyclic) bond motifs is 1. The van der Waals surface area contributed by atoms with Crippen LogP contribution in [0.25, 0.3) is 5.65 Å². The lowest BCUT2D eigenvalue weighted by Crippen LogP contribution is -2.31. The zero-order chi connectivity index (χ0) is 20.4. The number of aryl methyl sites for hydroxylation is 2. The molecule has 2 aromatic heterocycles. The Bertz CT molecular complexity index is 1070. The van der Waals surface area contributed by atoms with Gasteiger partial charge in [-0.25, -0.2) is 9.50 Å². The summed E-state index contributed by atoms with van der Waals surface area (Å²) in [6.45, 7) is 6.07. The van der Waals surface area contributed by atoms with Crippen molar-refractivity contribution < 1.29 is 9.59 Å². The van der Waals surface area contributed by atoms with Gasteiger partial charge in [0, 0.05) is 23.8 Å². The summed E-state index contributed by atoms with van der Waals surface area (Å²) in [6, 6.07) is 7.21. The monoisotopic (exact) mass is 392 g/mol. The van der Waals surface area contributed by atoms with Crippen LogP contribution < -0.4 is 10.6 Å².